The normalized spacial score (nSPS) is 10.7. The molecule has 0 unspecified atom stereocenters. The molecule has 0 amide bonds. The standard InChI is InChI=1S/C12H16N4O/c1-2-3-4-11-15-12(17-16-11)10-6-5-9(7-13)8-14-10/h5-6,8H,2-4,7,13H2,1H3. The van der Waals surface area contributed by atoms with E-state index >= 15 is 0 Å². The number of nitrogens with zero attached hydrogens (tertiary/aromatic N) is 3. The summed E-state index contributed by atoms with van der Waals surface area (Å²) in [7, 11) is 0. The zero-order chi connectivity index (χ0) is 12.1. The number of aryl methyl sites for hydroxylation is 1. The van der Waals surface area contributed by atoms with Crippen LogP contribution in [0.3, 0.4) is 0 Å². The van der Waals surface area contributed by atoms with Gasteiger partial charge < -0.3 is 10.3 Å². The molecule has 2 aromatic rings. The fourth-order valence-electron chi connectivity index (χ4n) is 1.47. The van der Waals surface area contributed by atoms with Crippen LogP contribution >= 0.6 is 0 Å². The molecule has 0 bridgehead atoms. The lowest BCUT2D eigenvalue weighted by atomic mass is 10.2. The summed E-state index contributed by atoms with van der Waals surface area (Å²) in [5.41, 5.74) is 7.18. The van der Waals surface area contributed by atoms with Gasteiger partial charge in [-0.1, -0.05) is 24.6 Å². The van der Waals surface area contributed by atoms with E-state index < -0.39 is 0 Å². The van der Waals surface area contributed by atoms with Crippen LogP contribution in [0.5, 0.6) is 0 Å². The van der Waals surface area contributed by atoms with Crippen LogP contribution < -0.4 is 5.73 Å². The number of rotatable bonds is 5. The van der Waals surface area contributed by atoms with Crippen LogP contribution in [0.15, 0.2) is 22.9 Å². The Balaban J connectivity index is 2.12. The Hall–Kier alpha value is -1.75. The Bertz CT molecular complexity index is 464. The van der Waals surface area contributed by atoms with Gasteiger partial charge in [-0.25, -0.2) is 0 Å². The molecule has 0 aliphatic heterocycles. The maximum Gasteiger partial charge on any atom is 0.276 e. The average molecular weight is 232 g/mol. The maximum atomic E-state index is 5.51. The largest absolute Gasteiger partial charge is 0.332 e. The summed E-state index contributed by atoms with van der Waals surface area (Å²) < 4.78 is 5.17. The van der Waals surface area contributed by atoms with Crippen LogP contribution in [0, 0.1) is 0 Å². The summed E-state index contributed by atoms with van der Waals surface area (Å²) in [5, 5.41) is 3.92. The van der Waals surface area contributed by atoms with Gasteiger partial charge in [0.15, 0.2) is 5.82 Å². The van der Waals surface area contributed by atoms with Crippen molar-refractivity contribution in [2.75, 3.05) is 0 Å². The highest BCUT2D eigenvalue weighted by molar-refractivity contribution is 5.46. The smallest absolute Gasteiger partial charge is 0.276 e. The molecule has 0 atom stereocenters. The molecular formula is C12H16N4O. The molecule has 0 aromatic carbocycles. The second kappa shape index (κ2) is 5.54. The Kier molecular flexibility index (Phi) is 3.82. The molecule has 2 rings (SSSR count). The van der Waals surface area contributed by atoms with Crippen LogP contribution in [0.4, 0.5) is 0 Å². The third-order valence-corrected chi connectivity index (χ3v) is 2.50. The van der Waals surface area contributed by atoms with E-state index in [0.717, 1.165) is 30.7 Å². The van der Waals surface area contributed by atoms with Gasteiger partial charge in [0.2, 0.25) is 0 Å². The Morgan fingerprint density at radius 1 is 1.35 bits per heavy atom. The fourth-order valence-corrected chi connectivity index (χ4v) is 1.47. The van der Waals surface area contributed by atoms with E-state index in [-0.39, 0.29) is 0 Å². The van der Waals surface area contributed by atoms with Gasteiger partial charge in [-0.2, -0.15) is 4.98 Å². The van der Waals surface area contributed by atoms with Gasteiger partial charge in [-0.3, -0.25) is 4.98 Å². The van der Waals surface area contributed by atoms with E-state index in [9.17, 15) is 0 Å². The fraction of sp³-hybridized carbons (Fsp3) is 0.417. The lowest BCUT2D eigenvalue weighted by molar-refractivity contribution is 0.420. The Morgan fingerprint density at radius 3 is 2.88 bits per heavy atom. The molecule has 2 N–H and O–H groups in total. The van der Waals surface area contributed by atoms with E-state index in [1.54, 1.807) is 6.20 Å². The van der Waals surface area contributed by atoms with Crippen LogP contribution in [-0.2, 0) is 13.0 Å². The maximum absolute atomic E-state index is 5.51. The zero-order valence-corrected chi connectivity index (χ0v) is 9.89. The van der Waals surface area contributed by atoms with Crippen molar-refractivity contribution in [1.82, 2.24) is 15.1 Å². The zero-order valence-electron chi connectivity index (χ0n) is 9.89. The quantitative estimate of drug-likeness (QED) is 0.852. The minimum absolute atomic E-state index is 0.472. The average Bonchev–Trinajstić information content (AvgIpc) is 2.85. The lowest BCUT2D eigenvalue weighted by Gasteiger charge is -1.96. The first-order chi connectivity index (χ1) is 8.33. The molecule has 17 heavy (non-hydrogen) atoms. The molecule has 0 radical (unpaired) electrons. The van der Waals surface area contributed by atoms with E-state index in [1.165, 1.54) is 0 Å². The molecule has 0 saturated carbocycles. The van der Waals surface area contributed by atoms with Gasteiger partial charge in [-0.05, 0) is 18.1 Å². The third kappa shape index (κ3) is 2.88. The summed E-state index contributed by atoms with van der Waals surface area (Å²) in [4.78, 5) is 8.54. The molecule has 0 spiro atoms. The van der Waals surface area contributed by atoms with Gasteiger partial charge in [0.25, 0.3) is 5.89 Å². The first-order valence-corrected chi connectivity index (χ1v) is 5.81. The summed E-state index contributed by atoms with van der Waals surface area (Å²) in [5.74, 6) is 1.21. The van der Waals surface area contributed by atoms with E-state index in [0.29, 0.717) is 18.1 Å². The van der Waals surface area contributed by atoms with Crippen molar-refractivity contribution >= 4 is 0 Å². The predicted octanol–water partition coefficient (Wildman–Crippen LogP) is 1.93. The van der Waals surface area contributed by atoms with Gasteiger partial charge >= 0.3 is 0 Å². The highest BCUT2D eigenvalue weighted by atomic mass is 16.5. The van der Waals surface area contributed by atoms with Crippen molar-refractivity contribution in [2.45, 2.75) is 32.7 Å². The van der Waals surface area contributed by atoms with Crippen molar-refractivity contribution in [2.24, 2.45) is 5.73 Å². The van der Waals surface area contributed by atoms with Crippen molar-refractivity contribution in [3.05, 3.63) is 29.7 Å². The SMILES string of the molecule is CCCCc1noc(-c2ccc(CN)cn2)n1. The predicted molar refractivity (Wildman–Crippen MR) is 64.0 cm³/mol. The van der Waals surface area contributed by atoms with Crippen LogP contribution in [0.1, 0.15) is 31.2 Å². The third-order valence-electron chi connectivity index (χ3n) is 2.50. The molecule has 2 heterocycles. The van der Waals surface area contributed by atoms with Crippen LogP contribution in [-0.4, -0.2) is 15.1 Å². The highest BCUT2D eigenvalue weighted by Gasteiger charge is 2.09. The first-order valence-electron chi connectivity index (χ1n) is 5.81. The van der Waals surface area contributed by atoms with Gasteiger partial charge in [0.05, 0.1) is 0 Å². The molecular weight excluding hydrogens is 216 g/mol. The molecule has 0 aliphatic carbocycles. The number of hydrogen-bond acceptors (Lipinski definition) is 5. The molecule has 90 valence electrons. The molecule has 2 aromatic heterocycles. The van der Waals surface area contributed by atoms with Crippen molar-refractivity contribution < 1.29 is 4.52 Å². The second-order valence-electron chi connectivity index (χ2n) is 3.88. The summed E-state index contributed by atoms with van der Waals surface area (Å²) in [6.07, 6.45) is 4.76. The van der Waals surface area contributed by atoms with Gasteiger partial charge in [-0.15, -0.1) is 0 Å². The molecule has 5 nitrogen and oxygen atoms in total. The number of pyridine rings is 1. The Morgan fingerprint density at radius 2 is 2.24 bits per heavy atom. The summed E-state index contributed by atoms with van der Waals surface area (Å²) >= 11 is 0. The van der Waals surface area contributed by atoms with E-state index in [2.05, 4.69) is 22.0 Å². The molecule has 5 heteroatoms. The first kappa shape index (κ1) is 11.7. The number of aromatic nitrogens is 3. The minimum Gasteiger partial charge on any atom is -0.332 e. The monoisotopic (exact) mass is 232 g/mol. The highest BCUT2D eigenvalue weighted by Crippen LogP contribution is 2.15. The van der Waals surface area contributed by atoms with Gasteiger partial charge in [0.1, 0.15) is 5.69 Å². The number of nitrogens with two attached hydrogens (primary N) is 1. The minimum atomic E-state index is 0.472. The van der Waals surface area contributed by atoms with Crippen molar-refractivity contribution in [1.29, 1.82) is 0 Å². The van der Waals surface area contributed by atoms with Crippen LogP contribution in [0.25, 0.3) is 11.6 Å². The van der Waals surface area contributed by atoms with E-state index in [1.807, 2.05) is 12.1 Å². The lowest BCUT2D eigenvalue weighted by Crippen LogP contribution is -1.97. The second-order valence-corrected chi connectivity index (χ2v) is 3.88. The van der Waals surface area contributed by atoms with Gasteiger partial charge in [0, 0.05) is 19.2 Å². The number of unbranched alkanes of at least 4 members (excludes halogenated alkanes) is 1. The molecule has 0 aliphatic rings. The van der Waals surface area contributed by atoms with E-state index in [4.69, 9.17) is 10.3 Å². The Labute approximate surface area is 100 Å². The van der Waals surface area contributed by atoms with Crippen LogP contribution in [0.2, 0.25) is 0 Å². The summed E-state index contributed by atoms with van der Waals surface area (Å²) in [6.45, 7) is 2.62. The topological polar surface area (TPSA) is 77.8 Å². The summed E-state index contributed by atoms with van der Waals surface area (Å²) in [6, 6.07) is 3.76. The van der Waals surface area contributed by atoms with Crippen molar-refractivity contribution in [3.63, 3.8) is 0 Å². The molecule has 0 saturated heterocycles. The number of hydrogen-bond donors (Lipinski definition) is 1. The molecule has 0 fully saturated rings. The van der Waals surface area contributed by atoms with Crippen molar-refractivity contribution in [3.8, 4) is 11.6 Å².